The van der Waals surface area contributed by atoms with Crippen molar-refractivity contribution < 1.29 is 14.3 Å². The van der Waals surface area contributed by atoms with Crippen molar-refractivity contribution in [2.24, 2.45) is 0 Å². The summed E-state index contributed by atoms with van der Waals surface area (Å²) in [5.74, 6) is 1.91. The van der Waals surface area contributed by atoms with Gasteiger partial charge in [-0.2, -0.15) is 0 Å². The first kappa shape index (κ1) is 17.7. The molecule has 2 heterocycles. The van der Waals surface area contributed by atoms with Crippen molar-refractivity contribution in [2.45, 2.75) is 38.5 Å². The van der Waals surface area contributed by atoms with Crippen LogP contribution in [0.3, 0.4) is 0 Å². The van der Waals surface area contributed by atoms with Crippen LogP contribution in [0.15, 0.2) is 29.6 Å². The maximum atomic E-state index is 11.9. The first-order valence-corrected chi connectivity index (χ1v) is 9.44. The summed E-state index contributed by atoms with van der Waals surface area (Å²) >= 11 is 1.45. The smallest absolute Gasteiger partial charge is 0.230 e. The zero-order valence-corrected chi connectivity index (χ0v) is 15.6. The molecule has 1 aromatic carbocycles. The van der Waals surface area contributed by atoms with Gasteiger partial charge < -0.3 is 19.4 Å². The summed E-state index contributed by atoms with van der Waals surface area (Å²) in [6, 6.07) is 6.07. The third-order valence-corrected chi connectivity index (χ3v) is 4.75. The molecule has 1 aliphatic rings. The second-order valence-electron chi connectivity index (χ2n) is 6.04. The Bertz CT molecular complexity index is 758. The number of hydrogen-bond donors (Lipinski definition) is 1. The van der Waals surface area contributed by atoms with Crippen molar-refractivity contribution in [1.29, 1.82) is 0 Å². The molecule has 0 fully saturated rings. The Kier molecular flexibility index (Phi) is 5.53. The van der Waals surface area contributed by atoms with E-state index >= 15 is 0 Å². The lowest BCUT2D eigenvalue weighted by molar-refractivity contribution is -0.119. The predicted octanol–water partition coefficient (Wildman–Crippen LogP) is 2.96. The molecule has 25 heavy (non-hydrogen) atoms. The quantitative estimate of drug-likeness (QED) is 0.802. The summed E-state index contributed by atoms with van der Waals surface area (Å²) in [6.45, 7) is 7.90. The Balaban J connectivity index is 1.79. The summed E-state index contributed by atoms with van der Waals surface area (Å²) in [6.07, 6.45) is 1.84. The molecule has 0 spiro atoms. The number of aromatic nitrogens is 2. The van der Waals surface area contributed by atoms with Gasteiger partial charge in [-0.15, -0.1) is 0 Å². The average Bonchev–Trinajstić information content (AvgIpc) is 3.02. The molecule has 1 aliphatic heterocycles. The number of nitrogens with one attached hydrogen (secondary N) is 1. The maximum Gasteiger partial charge on any atom is 0.230 e. The fourth-order valence-electron chi connectivity index (χ4n) is 2.71. The molecule has 0 atom stereocenters. The van der Waals surface area contributed by atoms with Crippen molar-refractivity contribution in [1.82, 2.24) is 14.9 Å². The van der Waals surface area contributed by atoms with Gasteiger partial charge in [-0.05, 0) is 39.0 Å². The van der Waals surface area contributed by atoms with Gasteiger partial charge in [0.2, 0.25) is 5.91 Å². The van der Waals surface area contributed by atoms with Crippen LogP contribution in [0.1, 0.15) is 20.8 Å². The first-order chi connectivity index (χ1) is 12.1. The standard InChI is InChI=1S/C18H23N3O3S/c1-4-21-14(10-19-18(21)25-11-17(22)20-12(2)3)13-5-6-15-16(9-13)24-8-7-23-15/h5-6,9-10,12H,4,7-8,11H2,1-3H3,(H,20,22). The van der Waals surface area contributed by atoms with Crippen LogP contribution in [-0.2, 0) is 11.3 Å². The highest BCUT2D eigenvalue weighted by Gasteiger charge is 2.17. The molecular weight excluding hydrogens is 338 g/mol. The van der Waals surface area contributed by atoms with Crippen molar-refractivity contribution in [3.8, 4) is 22.8 Å². The van der Waals surface area contributed by atoms with Gasteiger partial charge in [0.25, 0.3) is 0 Å². The third-order valence-electron chi connectivity index (χ3n) is 3.76. The van der Waals surface area contributed by atoms with Gasteiger partial charge in [-0.3, -0.25) is 4.79 Å². The number of carbonyl (C=O) groups is 1. The lowest BCUT2D eigenvalue weighted by Crippen LogP contribution is -2.31. The van der Waals surface area contributed by atoms with E-state index in [0.29, 0.717) is 19.0 Å². The van der Waals surface area contributed by atoms with Gasteiger partial charge in [0.15, 0.2) is 16.7 Å². The number of hydrogen-bond acceptors (Lipinski definition) is 5. The average molecular weight is 361 g/mol. The minimum atomic E-state index is 0.0199. The van der Waals surface area contributed by atoms with Crippen LogP contribution < -0.4 is 14.8 Å². The second-order valence-corrected chi connectivity index (χ2v) is 6.98. The molecule has 0 saturated carbocycles. The predicted molar refractivity (Wildman–Crippen MR) is 98.3 cm³/mol. The van der Waals surface area contributed by atoms with Gasteiger partial charge in [0.05, 0.1) is 17.6 Å². The first-order valence-electron chi connectivity index (χ1n) is 8.46. The van der Waals surface area contributed by atoms with E-state index in [-0.39, 0.29) is 11.9 Å². The van der Waals surface area contributed by atoms with E-state index in [4.69, 9.17) is 9.47 Å². The van der Waals surface area contributed by atoms with Crippen molar-refractivity contribution in [3.63, 3.8) is 0 Å². The highest BCUT2D eigenvalue weighted by atomic mass is 32.2. The molecule has 0 unspecified atom stereocenters. The molecule has 2 aromatic rings. The van der Waals surface area contributed by atoms with Crippen LogP contribution in [0, 0.1) is 0 Å². The normalized spacial score (nSPS) is 13.1. The number of imidazole rings is 1. The zero-order valence-electron chi connectivity index (χ0n) is 14.7. The molecule has 1 N–H and O–H groups in total. The molecule has 1 amide bonds. The third kappa shape index (κ3) is 4.10. The maximum absolute atomic E-state index is 11.9. The van der Waals surface area contributed by atoms with Crippen LogP contribution in [0.25, 0.3) is 11.3 Å². The van der Waals surface area contributed by atoms with E-state index in [1.807, 2.05) is 38.2 Å². The molecule has 6 nitrogen and oxygen atoms in total. The van der Waals surface area contributed by atoms with Crippen molar-refractivity contribution in [3.05, 3.63) is 24.4 Å². The molecule has 1 aromatic heterocycles. The topological polar surface area (TPSA) is 65.4 Å². The Hall–Kier alpha value is -2.15. The van der Waals surface area contributed by atoms with E-state index in [1.165, 1.54) is 11.8 Å². The van der Waals surface area contributed by atoms with Gasteiger partial charge in [0.1, 0.15) is 13.2 Å². The minimum absolute atomic E-state index is 0.0199. The molecular formula is C18H23N3O3S. The van der Waals surface area contributed by atoms with Crippen LogP contribution in [0.5, 0.6) is 11.5 Å². The SMILES string of the molecule is CCn1c(-c2ccc3c(c2)OCCO3)cnc1SCC(=O)NC(C)C. The van der Waals surface area contributed by atoms with Gasteiger partial charge in [-0.25, -0.2) is 4.98 Å². The van der Waals surface area contributed by atoms with E-state index in [0.717, 1.165) is 34.5 Å². The number of benzene rings is 1. The lowest BCUT2D eigenvalue weighted by atomic mass is 10.1. The second kappa shape index (κ2) is 7.82. The fraction of sp³-hybridized carbons (Fsp3) is 0.444. The Morgan fingerprint density at radius 2 is 2.08 bits per heavy atom. The zero-order chi connectivity index (χ0) is 17.8. The molecule has 0 saturated heterocycles. The minimum Gasteiger partial charge on any atom is -0.486 e. The highest BCUT2D eigenvalue weighted by Crippen LogP contribution is 2.35. The monoisotopic (exact) mass is 361 g/mol. The molecule has 0 bridgehead atoms. The molecule has 0 radical (unpaired) electrons. The van der Waals surface area contributed by atoms with E-state index in [9.17, 15) is 4.79 Å². The fourth-order valence-corrected chi connectivity index (χ4v) is 3.56. The Morgan fingerprint density at radius 1 is 1.32 bits per heavy atom. The summed E-state index contributed by atoms with van der Waals surface area (Å²) in [5, 5.41) is 3.74. The number of rotatable bonds is 6. The van der Waals surface area contributed by atoms with Crippen LogP contribution in [-0.4, -0.2) is 40.5 Å². The number of thioether (sulfide) groups is 1. The number of nitrogens with zero attached hydrogens (tertiary/aromatic N) is 2. The summed E-state index contributed by atoms with van der Waals surface area (Å²) in [4.78, 5) is 16.4. The van der Waals surface area contributed by atoms with Gasteiger partial charge >= 0.3 is 0 Å². The largest absolute Gasteiger partial charge is 0.486 e. The number of ether oxygens (including phenoxy) is 2. The van der Waals surface area contributed by atoms with Crippen LogP contribution in [0.4, 0.5) is 0 Å². The number of fused-ring (bicyclic) bond motifs is 1. The van der Waals surface area contributed by atoms with E-state index < -0.39 is 0 Å². The van der Waals surface area contributed by atoms with Crippen molar-refractivity contribution in [2.75, 3.05) is 19.0 Å². The number of carbonyl (C=O) groups excluding carboxylic acids is 1. The summed E-state index contributed by atoms with van der Waals surface area (Å²) in [5.41, 5.74) is 2.03. The Labute approximate surface area is 151 Å². The van der Waals surface area contributed by atoms with Gasteiger partial charge in [0, 0.05) is 18.2 Å². The summed E-state index contributed by atoms with van der Waals surface area (Å²) < 4.78 is 13.4. The summed E-state index contributed by atoms with van der Waals surface area (Å²) in [7, 11) is 0. The van der Waals surface area contributed by atoms with Crippen LogP contribution >= 0.6 is 11.8 Å². The highest BCUT2D eigenvalue weighted by molar-refractivity contribution is 7.99. The van der Waals surface area contributed by atoms with E-state index in [2.05, 4.69) is 21.8 Å². The van der Waals surface area contributed by atoms with E-state index in [1.54, 1.807) is 0 Å². The lowest BCUT2D eigenvalue weighted by Gasteiger charge is -2.19. The molecule has 3 rings (SSSR count). The van der Waals surface area contributed by atoms with Crippen LogP contribution in [0.2, 0.25) is 0 Å². The van der Waals surface area contributed by atoms with Gasteiger partial charge in [-0.1, -0.05) is 11.8 Å². The molecule has 0 aliphatic carbocycles. The number of amides is 1. The Morgan fingerprint density at radius 3 is 2.80 bits per heavy atom. The molecule has 7 heteroatoms. The molecule has 134 valence electrons. The van der Waals surface area contributed by atoms with Crippen molar-refractivity contribution >= 4 is 17.7 Å².